The average Bonchev–Trinajstić information content (AvgIpc) is 2.65. The van der Waals surface area contributed by atoms with E-state index in [0.717, 1.165) is 5.56 Å². The largest absolute Gasteiger partial charge is 0.479 e. The van der Waals surface area contributed by atoms with Gasteiger partial charge in [-0.2, -0.15) is 0 Å². The van der Waals surface area contributed by atoms with E-state index in [4.69, 9.17) is 0 Å². The molecular weight excluding hydrogens is 370 g/mol. The van der Waals surface area contributed by atoms with Gasteiger partial charge >= 0.3 is 5.97 Å². The molecule has 0 radical (unpaired) electrons. The summed E-state index contributed by atoms with van der Waals surface area (Å²) in [6.45, 7) is 0.501. The van der Waals surface area contributed by atoms with Crippen LogP contribution in [0.4, 0.5) is 0 Å². The third kappa shape index (κ3) is 3.14. The minimum absolute atomic E-state index is 0.128. The van der Waals surface area contributed by atoms with E-state index in [0.29, 0.717) is 24.1 Å². The SMILES string of the molecule is O=C(O)C1c2ccccc2CCN1C(=O)C1=CN2CCS(=O)(=O)N=C2C=C1. The molecule has 4 rings (SSSR count). The Bertz CT molecular complexity index is 1030. The maximum absolute atomic E-state index is 13.0. The van der Waals surface area contributed by atoms with E-state index in [2.05, 4.69) is 4.40 Å². The molecule has 0 saturated carbocycles. The molecule has 1 aromatic carbocycles. The lowest BCUT2D eigenvalue weighted by Crippen LogP contribution is -2.45. The average molecular weight is 387 g/mol. The van der Waals surface area contributed by atoms with Crippen LogP contribution in [-0.2, 0) is 26.0 Å². The van der Waals surface area contributed by atoms with Gasteiger partial charge in [-0.15, -0.1) is 4.40 Å². The zero-order valence-corrected chi connectivity index (χ0v) is 15.1. The van der Waals surface area contributed by atoms with Gasteiger partial charge in [-0.3, -0.25) is 4.79 Å². The summed E-state index contributed by atoms with van der Waals surface area (Å²) >= 11 is 0. The van der Waals surface area contributed by atoms with E-state index in [9.17, 15) is 23.1 Å². The van der Waals surface area contributed by atoms with Crippen LogP contribution < -0.4 is 0 Å². The second kappa shape index (κ2) is 6.34. The molecule has 1 atom stereocenters. The topological polar surface area (TPSA) is 107 Å². The fourth-order valence-corrected chi connectivity index (χ4v) is 4.51. The summed E-state index contributed by atoms with van der Waals surface area (Å²) in [5, 5.41) is 9.72. The number of sulfonamides is 1. The number of hydrogen-bond donors (Lipinski definition) is 1. The van der Waals surface area contributed by atoms with Gasteiger partial charge in [-0.1, -0.05) is 24.3 Å². The van der Waals surface area contributed by atoms with Crippen LogP contribution in [0.3, 0.4) is 0 Å². The van der Waals surface area contributed by atoms with E-state index in [1.165, 1.54) is 23.3 Å². The molecule has 140 valence electrons. The fraction of sp³-hybridized carbons (Fsp3) is 0.278. The van der Waals surface area contributed by atoms with Crippen LogP contribution in [0.15, 0.2) is 52.6 Å². The Morgan fingerprint density at radius 1 is 1.15 bits per heavy atom. The van der Waals surface area contributed by atoms with Crippen LogP contribution >= 0.6 is 0 Å². The van der Waals surface area contributed by atoms with Gasteiger partial charge in [0, 0.05) is 19.3 Å². The lowest BCUT2D eigenvalue weighted by Gasteiger charge is -2.36. The molecule has 27 heavy (non-hydrogen) atoms. The highest BCUT2D eigenvalue weighted by atomic mass is 32.2. The lowest BCUT2D eigenvalue weighted by molar-refractivity contribution is -0.149. The van der Waals surface area contributed by atoms with E-state index in [-0.39, 0.29) is 18.1 Å². The number of carboxylic acid groups (broad SMARTS) is 1. The Hall–Kier alpha value is -2.94. The van der Waals surface area contributed by atoms with Crippen molar-refractivity contribution in [1.82, 2.24) is 9.80 Å². The number of amidine groups is 1. The van der Waals surface area contributed by atoms with Gasteiger partial charge in [0.15, 0.2) is 6.04 Å². The Morgan fingerprint density at radius 2 is 1.93 bits per heavy atom. The predicted octanol–water partition coefficient (Wildman–Crippen LogP) is 0.695. The van der Waals surface area contributed by atoms with E-state index in [1.807, 2.05) is 12.1 Å². The molecule has 3 heterocycles. The highest BCUT2D eigenvalue weighted by molar-refractivity contribution is 7.90. The number of benzene rings is 1. The Morgan fingerprint density at radius 3 is 2.70 bits per heavy atom. The highest BCUT2D eigenvalue weighted by Gasteiger charge is 2.37. The number of carboxylic acids is 1. The first kappa shape index (κ1) is 17.5. The van der Waals surface area contributed by atoms with E-state index >= 15 is 0 Å². The third-order valence-electron chi connectivity index (χ3n) is 4.85. The normalized spacial score (nSPS) is 23.0. The minimum atomic E-state index is -3.47. The molecule has 8 nitrogen and oxygen atoms in total. The molecule has 0 fully saturated rings. The first-order valence-corrected chi connectivity index (χ1v) is 10.1. The maximum Gasteiger partial charge on any atom is 0.331 e. The Balaban J connectivity index is 1.65. The van der Waals surface area contributed by atoms with Crippen molar-refractivity contribution in [3.05, 3.63) is 59.3 Å². The van der Waals surface area contributed by atoms with Crippen molar-refractivity contribution in [3.63, 3.8) is 0 Å². The van der Waals surface area contributed by atoms with Crippen LogP contribution in [-0.4, -0.2) is 59.9 Å². The minimum Gasteiger partial charge on any atom is -0.479 e. The molecule has 0 saturated heterocycles. The molecule has 0 spiro atoms. The second-order valence-electron chi connectivity index (χ2n) is 6.53. The zero-order valence-electron chi connectivity index (χ0n) is 14.3. The second-order valence-corrected chi connectivity index (χ2v) is 8.29. The Kier molecular flexibility index (Phi) is 4.11. The summed E-state index contributed by atoms with van der Waals surface area (Å²) in [6, 6.07) is 6.18. The predicted molar refractivity (Wildman–Crippen MR) is 97.4 cm³/mol. The van der Waals surface area contributed by atoms with Gasteiger partial charge < -0.3 is 14.9 Å². The maximum atomic E-state index is 13.0. The van der Waals surface area contributed by atoms with Crippen molar-refractivity contribution in [2.75, 3.05) is 18.8 Å². The van der Waals surface area contributed by atoms with Crippen LogP contribution in [0.1, 0.15) is 17.2 Å². The smallest absolute Gasteiger partial charge is 0.331 e. The van der Waals surface area contributed by atoms with Gasteiger partial charge in [0.2, 0.25) is 0 Å². The summed E-state index contributed by atoms with van der Waals surface area (Å²) < 4.78 is 26.9. The van der Waals surface area contributed by atoms with Crippen molar-refractivity contribution in [1.29, 1.82) is 0 Å². The Labute approximate surface area is 156 Å². The monoisotopic (exact) mass is 387 g/mol. The number of carbonyl (C=O) groups excluding carboxylic acids is 1. The summed E-state index contributed by atoms with van der Waals surface area (Å²) in [5.74, 6) is -1.35. The number of carbonyl (C=O) groups is 2. The van der Waals surface area contributed by atoms with E-state index in [1.54, 1.807) is 17.0 Å². The van der Waals surface area contributed by atoms with Gasteiger partial charge in [-0.05, 0) is 29.7 Å². The first-order chi connectivity index (χ1) is 12.9. The van der Waals surface area contributed by atoms with Crippen molar-refractivity contribution in [3.8, 4) is 0 Å². The highest BCUT2D eigenvalue weighted by Crippen LogP contribution is 2.31. The number of hydrogen-bond acceptors (Lipinski definition) is 5. The third-order valence-corrected chi connectivity index (χ3v) is 6.01. The summed E-state index contributed by atoms with van der Waals surface area (Å²) in [5.41, 5.74) is 1.85. The fourth-order valence-electron chi connectivity index (χ4n) is 3.54. The van der Waals surface area contributed by atoms with Crippen molar-refractivity contribution in [2.24, 2.45) is 4.40 Å². The molecule has 3 aliphatic heterocycles. The molecule has 1 unspecified atom stereocenters. The molecular formula is C18H17N3O5S. The van der Waals surface area contributed by atoms with Crippen molar-refractivity contribution >= 4 is 27.7 Å². The standard InChI is InChI=1S/C18H17N3O5S/c22-17(13-5-6-15-19-27(25,26)10-9-20(15)11-13)21-8-7-12-3-1-2-4-14(12)16(21)18(23)24/h1-6,11,16H,7-10H2,(H,23,24). The van der Waals surface area contributed by atoms with Crippen LogP contribution in [0.5, 0.6) is 0 Å². The first-order valence-electron chi connectivity index (χ1n) is 8.46. The number of rotatable bonds is 2. The summed E-state index contributed by atoms with van der Waals surface area (Å²) in [4.78, 5) is 27.9. The van der Waals surface area contributed by atoms with Crippen LogP contribution in [0.25, 0.3) is 0 Å². The molecule has 0 aliphatic carbocycles. The number of nitrogens with zero attached hydrogens (tertiary/aromatic N) is 3. The van der Waals surface area contributed by atoms with Gasteiger partial charge in [-0.25, -0.2) is 13.2 Å². The summed E-state index contributed by atoms with van der Waals surface area (Å²) in [7, 11) is -3.47. The molecule has 3 aliphatic rings. The lowest BCUT2D eigenvalue weighted by atomic mass is 9.92. The van der Waals surface area contributed by atoms with Crippen LogP contribution in [0.2, 0.25) is 0 Å². The van der Waals surface area contributed by atoms with Crippen molar-refractivity contribution < 1.29 is 23.1 Å². The molecule has 1 N–H and O–H groups in total. The molecule has 9 heteroatoms. The van der Waals surface area contributed by atoms with E-state index < -0.39 is 27.9 Å². The molecule has 0 bridgehead atoms. The molecule has 1 amide bonds. The van der Waals surface area contributed by atoms with Gasteiger partial charge in [0.05, 0.1) is 11.3 Å². The van der Waals surface area contributed by atoms with Crippen molar-refractivity contribution in [2.45, 2.75) is 12.5 Å². The molecule has 0 aromatic heterocycles. The quantitative estimate of drug-likeness (QED) is 0.800. The van der Waals surface area contributed by atoms with Crippen LogP contribution in [0, 0.1) is 0 Å². The summed E-state index contributed by atoms with van der Waals surface area (Å²) in [6.07, 6.45) is 5.07. The molecule has 1 aromatic rings. The number of aliphatic carboxylic acids is 1. The number of fused-ring (bicyclic) bond motifs is 2. The zero-order chi connectivity index (χ0) is 19.2. The van der Waals surface area contributed by atoms with Gasteiger partial charge in [0.1, 0.15) is 5.84 Å². The van der Waals surface area contributed by atoms with Gasteiger partial charge in [0.25, 0.3) is 15.9 Å². The number of amides is 1.